The molecule has 22 heavy (non-hydrogen) atoms. The van der Waals surface area contributed by atoms with Crippen molar-refractivity contribution < 1.29 is 14.3 Å². The molecule has 0 aliphatic heterocycles. The zero-order valence-electron chi connectivity index (χ0n) is 12.5. The van der Waals surface area contributed by atoms with E-state index in [1.165, 1.54) is 11.3 Å². The predicted octanol–water partition coefficient (Wildman–Crippen LogP) is 2.19. The van der Waals surface area contributed by atoms with Gasteiger partial charge in [0.05, 0.1) is 12.0 Å². The summed E-state index contributed by atoms with van der Waals surface area (Å²) in [6, 6.07) is 10.4. The molecule has 1 aromatic carbocycles. The number of hydrogen-bond donors (Lipinski definition) is 2. The maximum absolute atomic E-state index is 12.0. The number of thiophene rings is 1. The summed E-state index contributed by atoms with van der Waals surface area (Å²) >= 11 is 1.34. The van der Waals surface area contributed by atoms with E-state index in [1.807, 2.05) is 29.6 Å². The zero-order chi connectivity index (χ0) is 15.9. The quantitative estimate of drug-likeness (QED) is 0.858. The van der Waals surface area contributed by atoms with Gasteiger partial charge in [-0.05, 0) is 36.1 Å². The third-order valence-electron chi connectivity index (χ3n) is 3.09. The van der Waals surface area contributed by atoms with Gasteiger partial charge in [-0.15, -0.1) is 11.3 Å². The highest BCUT2D eigenvalue weighted by atomic mass is 32.1. The lowest BCUT2D eigenvalue weighted by molar-refractivity contribution is -0.122. The lowest BCUT2D eigenvalue weighted by atomic mass is 10.2. The first kappa shape index (κ1) is 16.0. The molecular formula is C16H18N2O3S. The van der Waals surface area contributed by atoms with Crippen LogP contribution in [-0.2, 0) is 11.3 Å². The monoisotopic (exact) mass is 318 g/mol. The van der Waals surface area contributed by atoms with E-state index in [4.69, 9.17) is 4.74 Å². The first-order valence-electron chi connectivity index (χ1n) is 6.85. The van der Waals surface area contributed by atoms with E-state index in [0.717, 1.165) is 11.3 Å². The number of carbonyl (C=O) groups excluding carboxylic acids is 2. The number of amides is 2. The Balaban J connectivity index is 1.84. The van der Waals surface area contributed by atoms with Gasteiger partial charge in [0.25, 0.3) is 5.91 Å². The molecule has 2 rings (SSSR count). The molecule has 0 saturated heterocycles. The molecule has 0 aliphatic carbocycles. The van der Waals surface area contributed by atoms with E-state index in [1.54, 1.807) is 26.2 Å². The van der Waals surface area contributed by atoms with Crippen molar-refractivity contribution in [1.29, 1.82) is 0 Å². The molecule has 0 spiro atoms. The van der Waals surface area contributed by atoms with Crippen LogP contribution in [0.3, 0.4) is 0 Å². The second-order valence-electron chi connectivity index (χ2n) is 4.74. The van der Waals surface area contributed by atoms with Crippen molar-refractivity contribution in [3.63, 3.8) is 0 Å². The smallest absolute Gasteiger partial charge is 0.261 e. The predicted molar refractivity (Wildman–Crippen MR) is 86.1 cm³/mol. The molecule has 5 nitrogen and oxygen atoms in total. The van der Waals surface area contributed by atoms with E-state index in [0.29, 0.717) is 11.4 Å². The minimum absolute atomic E-state index is 0.229. The average molecular weight is 318 g/mol. The second-order valence-corrected chi connectivity index (χ2v) is 5.69. The van der Waals surface area contributed by atoms with Gasteiger partial charge in [-0.3, -0.25) is 9.59 Å². The van der Waals surface area contributed by atoms with Gasteiger partial charge in [-0.25, -0.2) is 0 Å². The van der Waals surface area contributed by atoms with Gasteiger partial charge in [0.15, 0.2) is 0 Å². The Morgan fingerprint density at radius 3 is 2.77 bits per heavy atom. The molecule has 0 fully saturated rings. The molecule has 6 heteroatoms. The number of methoxy groups -OCH3 is 1. The first-order chi connectivity index (χ1) is 10.6. The van der Waals surface area contributed by atoms with Crippen LogP contribution < -0.4 is 15.4 Å². The molecule has 0 aliphatic rings. The van der Waals surface area contributed by atoms with Crippen LogP contribution in [0.4, 0.5) is 0 Å². The minimum atomic E-state index is -0.597. The fourth-order valence-electron chi connectivity index (χ4n) is 1.87. The highest BCUT2D eigenvalue weighted by Gasteiger charge is 2.16. The topological polar surface area (TPSA) is 67.4 Å². The molecule has 2 amide bonds. The summed E-state index contributed by atoms with van der Waals surface area (Å²) in [5.74, 6) is 0.276. The molecule has 0 saturated carbocycles. The van der Waals surface area contributed by atoms with Crippen molar-refractivity contribution in [2.75, 3.05) is 7.11 Å². The summed E-state index contributed by atoms with van der Waals surface area (Å²) in [6.45, 7) is 2.04. The third-order valence-corrected chi connectivity index (χ3v) is 3.96. The van der Waals surface area contributed by atoms with Crippen LogP contribution in [0.5, 0.6) is 5.75 Å². The summed E-state index contributed by atoms with van der Waals surface area (Å²) in [6.07, 6.45) is 0. The van der Waals surface area contributed by atoms with Gasteiger partial charge in [0.2, 0.25) is 5.91 Å². The Kier molecular flexibility index (Phi) is 5.55. The van der Waals surface area contributed by atoms with Crippen LogP contribution >= 0.6 is 11.3 Å². The molecule has 1 aromatic heterocycles. The van der Waals surface area contributed by atoms with Crippen LogP contribution in [0.25, 0.3) is 0 Å². The normalized spacial score (nSPS) is 11.5. The highest BCUT2D eigenvalue weighted by molar-refractivity contribution is 7.12. The van der Waals surface area contributed by atoms with E-state index in [2.05, 4.69) is 10.6 Å². The number of benzene rings is 1. The lowest BCUT2D eigenvalue weighted by Crippen LogP contribution is -2.44. The average Bonchev–Trinajstić information content (AvgIpc) is 3.07. The fourth-order valence-corrected chi connectivity index (χ4v) is 2.49. The Morgan fingerprint density at radius 2 is 2.09 bits per heavy atom. The molecule has 1 heterocycles. The number of rotatable bonds is 6. The minimum Gasteiger partial charge on any atom is -0.497 e. The molecule has 0 bridgehead atoms. The molecule has 1 unspecified atom stereocenters. The summed E-state index contributed by atoms with van der Waals surface area (Å²) < 4.78 is 5.13. The standard InChI is InChI=1S/C16H18N2O3S/c1-11(18-16(20)14-7-4-8-22-14)15(19)17-10-12-5-3-6-13(9-12)21-2/h3-9,11H,10H2,1-2H3,(H,17,19)(H,18,20). The van der Waals surface area contributed by atoms with Crippen LogP contribution in [0.15, 0.2) is 41.8 Å². The number of ether oxygens (including phenoxy) is 1. The van der Waals surface area contributed by atoms with Crippen molar-refractivity contribution in [2.24, 2.45) is 0 Å². The number of nitrogens with one attached hydrogen (secondary N) is 2. The van der Waals surface area contributed by atoms with Crippen LogP contribution in [0.1, 0.15) is 22.2 Å². The van der Waals surface area contributed by atoms with Gasteiger partial charge in [0, 0.05) is 6.54 Å². The van der Waals surface area contributed by atoms with Crippen LogP contribution in [-0.4, -0.2) is 25.0 Å². The maximum Gasteiger partial charge on any atom is 0.261 e. The van der Waals surface area contributed by atoms with E-state index in [-0.39, 0.29) is 11.8 Å². The SMILES string of the molecule is COc1cccc(CNC(=O)C(C)NC(=O)c2cccs2)c1. The Labute approximate surface area is 133 Å². The van der Waals surface area contributed by atoms with Gasteiger partial charge in [0.1, 0.15) is 11.8 Å². The van der Waals surface area contributed by atoms with Crippen molar-refractivity contribution in [3.05, 3.63) is 52.2 Å². The summed E-state index contributed by atoms with van der Waals surface area (Å²) in [5, 5.41) is 7.29. The van der Waals surface area contributed by atoms with Crippen molar-refractivity contribution in [2.45, 2.75) is 19.5 Å². The summed E-state index contributed by atoms with van der Waals surface area (Å²) in [7, 11) is 1.60. The van der Waals surface area contributed by atoms with Gasteiger partial charge in [-0.1, -0.05) is 18.2 Å². The lowest BCUT2D eigenvalue weighted by Gasteiger charge is -2.14. The molecule has 2 N–H and O–H groups in total. The summed E-state index contributed by atoms with van der Waals surface area (Å²) in [5.41, 5.74) is 0.935. The van der Waals surface area contributed by atoms with Crippen molar-refractivity contribution >= 4 is 23.2 Å². The molecule has 0 radical (unpaired) electrons. The molecular weight excluding hydrogens is 300 g/mol. The van der Waals surface area contributed by atoms with Crippen molar-refractivity contribution in [3.8, 4) is 5.75 Å². The van der Waals surface area contributed by atoms with E-state index >= 15 is 0 Å². The zero-order valence-corrected chi connectivity index (χ0v) is 13.3. The highest BCUT2D eigenvalue weighted by Crippen LogP contribution is 2.12. The van der Waals surface area contributed by atoms with Crippen LogP contribution in [0, 0.1) is 0 Å². The molecule has 1 atom stereocenters. The third kappa shape index (κ3) is 4.33. The number of carbonyl (C=O) groups is 2. The number of hydrogen-bond acceptors (Lipinski definition) is 4. The van der Waals surface area contributed by atoms with E-state index < -0.39 is 6.04 Å². The van der Waals surface area contributed by atoms with Crippen LogP contribution in [0.2, 0.25) is 0 Å². The Hall–Kier alpha value is -2.34. The van der Waals surface area contributed by atoms with E-state index in [9.17, 15) is 9.59 Å². The van der Waals surface area contributed by atoms with Gasteiger partial charge < -0.3 is 15.4 Å². The van der Waals surface area contributed by atoms with Gasteiger partial charge >= 0.3 is 0 Å². The Bertz CT molecular complexity index is 641. The maximum atomic E-state index is 12.0. The molecule has 2 aromatic rings. The first-order valence-corrected chi connectivity index (χ1v) is 7.73. The van der Waals surface area contributed by atoms with Crippen molar-refractivity contribution in [1.82, 2.24) is 10.6 Å². The summed E-state index contributed by atoms with van der Waals surface area (Å²) in [4.78, 5) is 24.5. The Morgan fingerprint density at radius 1 is 1.27 bits per heavy atom. The second kappa shape index (κ2) is 7.61. The fraction of sp³-hybridized carbons (Fsp3) is 0.250. The van der Waals surface area contributed by atoms with Gasteiger partial charge in [-0.2, -0.15) is 0 Å². The molecule has 116 valence electrons. The largest absolute Gasteiger partial charge is 0.497 e.